The second-order valence-corrected chi connectivity index (χ2v) is 4.95. The molecule has 1 heterocycles. The van der Waals surface area contributed by atoms with Gasteiger partial charge in [0.15, 0.2) is 0 Å². The number of likely N-dealkylation sites (tertiary alicyclic amines) is 1. The van der Waals surface area contributed by atoms with Crippen LogP contribution in [0.1, 0.15) is 33.6 Å². The van der Waals surface area contributed by atoms with Crippen LogP contribution in [0.2, 0.25) is 0 Å². The number of hydrogen-bond donors (Lipinski definition) is 0. The van der Waals surface area contributed by atoms with Crippen LogP contribution in [0.3, 0.4) is 0 Å². The molecular weight excluding hydrogens is 206 g/mol. The lowest BCUT2D eigenvalue weighted by atomic mass is 10.2. The van der Waals surface area contributed by atoms with Crippen molar-refractivity contribution in [2.75, 3.05) is 13.7 Å². The number of methoxy groups -OCH3 is 1. The molecule has 1 amide bonds. The van der Waals surface area contributed by atoms with Gasteiger partial charge in [-0.15, -0.1) is 0 Å². The maximum absolute atomic E-state index is 11.9. The summed E-state index contributed by atoms with van der Waals surface area (Å²) in [6.45, 7) is 6.39. The molecule has 1 atom stereocenters. The number of carbonyl (C=O) groups is 1. The van der Waals surface area contributed by atoms with E-state index in [1.807, 2.05) is 26.8 Å². The predicted molar refractivity (Wildman–Crippen MR) is 62.1 cm³/mol. The molecule has 0 unspecified atom stereocenters. The smallest absolute Gasteiger partial charge is 0.410 e. The lowest BCUT2D eigenvalue weighted by Crippen LogP contribution is -2.39. The summed E-state index contributed by atoms with van der Waals surface area (Å²) < 4.78 is 10.2. The SMILES string of the molecule is CO/C=C/[C@@H]1CCCN1C(=O)OC(C)(C)C. The molecule has 1 rings (SSSR count). The molecule has 4 heteroatoms. The average molecular weight is 227 g/mol. The summed E-state index contributed by atoms with van der Waals surface area (Å²) >= 11 is 0. The molecule has 0 saturated carbocycles. The van der Waals surface area contributed by atoms with Crippen molar-refractivity contribution >= 4 is 6.09 Å². The molecule has 0 spiro atoms. The number of carbonyl (C=O) groups excluding carboxylic acids is 1. The third-order valence-corrected chi connectivity index (χ3v) is 2.36. The van der Waals surface area contributed by atoms with Gasteiger partial charge in [0.2, 0.25) is 0 Å². The van der Waals surface area contributed by atoms with Crippen LogP contribution in [0.15, 0.2) is 12.3 Å². The third kappa shape index (κ3) is 3.76. The van der Waals surface area contributed by atoms with Crippen molar-refractivity contribution in [3.8, 4) is 0 Å². The van der Waals surface area contributed by atoms with Crippen molar-refractivity contribution in [3.05, 3.63) is 12.3 Å². The number of hydrogen-bond acceptors (Lipinski definition) is 3. The van der Waals surface area contributed by atoms with Gasteiger partial charge in [-0.25, -0.2) is 4.79 Å². The number of ether oxygens (including phenoxy) is 2. The second kappa shape index (κ2) is 5.23. The summed E-state index contributed by atoms with van der Waals surface area (Å²) in [6, 6.07) is 0.106. The summed E-state index contributed by atoms with van der Waals surface area (Å²) in [5.41, 5.74) is -0.435. The zero-order chi connectivity index (χ0) is 12.2. The maximum atomic E-state index is 11.9. The Labute approximate surface area is 97.2 Å². The predicted octanol–water partition coefficient (Wildman–Crippen LogP) is 2.55. The Hall–Kier alpha value is -1.19. The molecule has 1 aliphatic heterocycles. The fourth-order valence-electron chi connectivity index (χ4n) is 1.71. The highest BCUT2D eigenvalue weighted by Gasteiger charge is 2.30. The first-order chi connectivity index (χ1) is 7.44. The monoisotopic (exact) mass is 227 g/mol. The van der Waals surface area contributed by atoms with Gasteiger partial charge in [0.1, 0.15) is 5.60 Å². The zero-order valence-corrected chi connectivity index (χ0v) is 10.5. The number of amides is 1. The van der Waals surface area contributed by atoms with Gasteiger partial charge >= 0.3 is 6.09 Å². The summed E-state index contributed by atoms with van der Waals surface area (Å²) in [5.74, 6) is 0. The van der Waals surface area contributed by atoms with Crippen molar-refractivity contribution in [1.82, 2.24) is 4.90 Å². The highest BCUT2D eigenvalue weighted by molar-refractivity contribution is 5.69. The van der Waals surface area contributed by atoms with Crippen LogP contribution >= 0.6 is 0 Å². The zero-order valence-electron chi connectivity index (χ0n) is 10.5. The van der Waals surface area contributed by atoms with Crippen LogP contribution in [-0.4, -0.2) is 36.3 Å². The molecule has 1 fully saturated rings. The Morgan fingerprint density at radius 2 is 2.12 bits per heavy atom. The lowest BCUT2D eigenvalue weighted by molar-refractivity contribution is 0.0255. The van der Waals surface area contributed by atoms with Gasteiger partial charge in [0, 0.05) is 6.54 Å². The molecular formula is C12H21NO3. The minimum atomic E-state index is -0.435. The van der Waals surface area contributed by atoms with Crippen molar-refractivity contribution in [2.45, 2.75) is 45.3 Å². The first-order valence-electron chi connectivity index (χ1n) is 5.63. The molecule has 0 radical (unpaired) electrons. The molecule has 0 aromatic rings. The van der Waals surface area contributed by atoms with Gasteiger partial charge in [-0.1, -0.05) is 0 Å². The molecule has 0 bridgehead atoms. The van der Waals surface area contributed by atoms with E-state index in [4.69, 9.17) is 9.47 Å². The first-order valence-corrected chi connectivity index (χ1v) is 5.63. The van der Waals surface area contributed by atoms with Gasteiger partial charge in [-0.2, -0.15) is 0 Å². The van der Waals surface area contributed by atoms with Crippen LogP contribution in [-0.2, 0) is 9.47 Å². The standard InChI is InChI=1S/C12H21NO3/c1-12(2,3)16-11(14)13-8-5-6-10(13)7-9-15-4/h7,9-10H,5-6,8H2,1-4H3/b9-7+/t10-/m0/s1. The molecule has 0 aromatic carbocycles. The van der Waals surface area contributed by atoms with Crippen LogP contribution < -0.4 is 0 Å². The fourth-order valence-corrected chi connectivity index (χ4v) is 1.71. The summed E-state index contributed by atoms with van der Waals surface area (Å²) in [7, 11) is 1.60. The van der Waals surface area contributed by atoms with Gasteiger partial charge < -0.3 is 14.4 Å². The average Bonchev–Trinajstić information content (AvgIpc) is 2.59. The van der Waals surface area contributed by atoms with E-state index in [2.05, 4.69) is 0 Å². The normalized spacial score (nSPS) is 21.5. The van der Waals surface area contributed by atoms with Crippen LogP contribution in [0.25, 0.3) is 0 Å². The minimum absolute atomic E-state index is 0.106. The summed E-state index contributed by atoms with van der Waals surface area (Å²) in [5, 5.41) is 0. The van der Waals surface area contributed by atoms with Gasteiger partial charge in [0.25, 0.3) is 0 Å². The van der Waals surface area contributed by atoms with Crippen LogP contribution in [0.4, 0.5) is 4.79 Å². The maximum Gasteiger partial charge on any atom is 0.410 e. The highest BCUT2D eigenvalue weighted by atomic mass is 16.6. The van der Waals surface area contributed by atoms with E-state index in [1.54, 1.807) is 18.3 Å². The van der Waals surface area contributed by atoms with Crippen LogP contribution in [0, 0.1) is 0 Å². The lowest BCUT2D eigenvalue weighted by Gasteiger charge is -2.27. The topological polar surface area (TPSA) is 38.8 Å². The molecule has 0 aromatic heterocycles. The van der Waals surface area contributed by atoms with Crippen molar-refractivity contribution < 1.29 is 14.3 Å². The Morgan fingerprint density at radius 3 is 2.69 bits per heavy atom. The van der Waals surface area contributed by atoms with Gasteiger partial charge in [-0.3, -0.25) is 0 Å². The molecule has 1 aliphatic rings. The molecule has 92 valence electrons. The van der Waals surface area contributed by atoms with E-state index in [0.29, 0.717) is 0 Å². The minimum Gasteiger partial charge on any atom is -0.505 e. The van der Waals surface area contributed by atoms with E-state index in [9.17, 15) is 4.79 Å². The Morgan fingerprint density at radius 1 is 1.44 bits per heavy atom. The fraction of sp³-hybridized carbons (Fsp3) is 0.750. The van der Waals surface area contributed by atoms with Gasteiger partial charge in [0.05, 0.1) is 19.4 Å². The van der Waals surface area contributed by atoms with E-state index in [1.165, 1.54) is 0 Å². The summed E-state index contributed by atoms with van der Waals surface area (Å²) in [6.07, 6.45) is 5.26. The first kappa shape index (κ1) is 12.9. The van der Waals surface area contributed by atoms with E-state index in [-0.39, 0.29) is 12.1 Å². The van der Waals surface area contributed by atoms with E-state index in [0.717, 1.165) is 19.4 Å². The molecule has 16 heavy (non-hydrogen) atoms. The number of nitrogens with zero attached hydrogens (tertiary/aromatic N) is 1. The van der Waals surface area contributed by atoms with E-state index >= 15 is 0 Å². The molecule has 0 N–H and O–H groups in total. The van der Waals surface area contributed by atoms with Crippen LogP contribution in [0.5, 0.6) is 0 Å². The summed E-state index contributed by atoms with van der Waals surface area (Å²) in [4.78, 5) is 13.6. The second-order valence-electron chi connectivity index (χ2n) is 4.95. The van der Waals surface area contributed by atoms with Gasteiger partial charge in [-0.05, 0) is 39.7 Å². The van der Waals surface area contributed by atoms with Crippen molar-refractivity contribution in [1.29, 1.82) is 0 Å². The molecule has 1 saturated heterocycles. The van der Waals surface area contributed by atoms with Crippen molar-refractivity contribution in [2.24, 2.45) is 0 Å². The largest absolute Gasteiger partial charge is 0.505 e. The molecule has 0 aliphatic carbocycles. The number of rotatable bonds is 2. The van der Waals surface area contributed by atoms with Crippen molar-refractivity contribution in [3.63, 3.8) is 0 Å². The highest BCUT2D eigenvalue weighted by Crippen LogP contribution is 2.21. The molecule has 4 nitrogen and oxygen atoms in total. The third-order valence-electron chi connectivity index (χ3n) is 2.36. The Bertz CT molecular complexity index is 268. The Balaban J connectivity index is 2.57. The Kier molecular flexibility index (Phi) is 4.21. The quantitative estimate of drug-likeness (QED) is 0.680. The van der Waals surface area contributed by atoms with E-state index < -0.39 is 5.60 Å².